The zero-order valence-corrected chi connectivity index (χ0v) is 10.2. The molecule has 0 fully saturated rings. The van der Waals surface area contributed by atoms with Crippen LogP contribution in [0, 0.1) is 0 Å². The van der Waals surface area contributed by atoms with Gasteiger partial charge in [-0.3, -0.25) is 4.79 Å². The topological polar surface area (TPSA) is 54.3 Å². The second kappa shape index (κ2) is 5.91. The molecule has 1 unspecified atom stereocenters. The molecule has 1 atom stereocenters. The third-order valence-corrected chi connectivity index (χ3v) is 2.57. The van der Waals surface area contributed by atoms with E-state index < -0.39 is 0 Å². The van der Waals surface area contributed by atoms with Crippen molar-refractivity contribution in [2.45, 2.75) is 13.0 Å². The zero-order valence-electron chi connectivity index (χ0n) is 10.2. The number of anilines is 1. The van der Waals surface area contributed by atoms with Crippen molar-refractivity contribution >= 4 is 11.6 Å². The molecule has 2 N–H and O–H groups in total. The lowest BCUT2D eigenvalue weighted by Gasteiger charge is -2.12. The van der Waals surface area contributed by atoms with E-state index in [4.69, 9.17) is 4.42 Å². The van der Waals surface area contributed by atoms with Crippen LogP contribution < -0.4 is 10.6 Å². The Hall–Kier alpha value is -2.23. The summed E-state index contributed by atoms with van der Waals surface area (Å²) in [7, 11) is 0. The van der Waals surface area contributed by atoms with Gasteiger partial charge in [-0.2, -0.15) is 0 Å². The summed E-state index contributed by atoms with van der Waals surface area (Å²) in [4.78, 5) is 11.7. The monoisotopic (exact) mass is 244 g/mol. The molecule has 1 aromatic carbocycles. The van der Waals surface area contributed by atoms with Crippen LogP contribution >= 0.6 is 0 Å². The first kappa shape index (κ1) is 12.2. The van der Waals surface area contributed by atoms with Crippen molar-refractivity contribution in [2.24, 2.45) is 0 Å². The normalized spacial score (nSPS) is 11.8. The summed E-state index contributed by atoms with van der Waals surface area (Å²) in [6.45, 7) is 2.13. The van der Waals surface area contributed by atoms with Crippen molar-refractivity contribution in [2.75, 3.05) is 11.9 Å². The number of furan rings is 1. The zero-order chi connectivity index (χ0) is 12.8. The fourth-order valence-electron chi connectivity index (χ4n) is 1.64. The van der Waals surface area contributed by atoms with Gasteiger partial charge in [0.2, 0.25) is 5.91 Å². The number of hydrogen-bond donors (Lipinski definition) is 2. The smallest absolute Gasteiger partial charge is 0.239 e. The molecule has 18 heavy (non-hydrogen) atoms. The van der Waals surface area contributed by atoms with Crippen LogP contribution in [0.1, 0.15) is 18.7 Å². The summed E-state index contributed by atoms with van der Waals surface area (Å²) in [5, 5.41) is 5.91. The molecule has 2 rings (SSSR count). The standard InChI is InChI=1S/C14H16N2O2/c1-11(13-8-5-9-18-13)16-14(17)10-15-12-6-3-2-4-7-12/h2-9,11,15H,10H2,1H3,(H,16,17). The molecule has 94 valence electrons. The Balaban J connectivity index is 1.79. The largest absolute Gasteiger partial charge is 0.467 e. The van der Waals surface area contributed by atoms with Crippen molar-refractivity contribution in [3.8, 4) is 0 Å². The molecule has 0 bridgehead atoms. The Morgan fingerprint density at radius 3 is 2.67 bits per heavy atom. The predicted octanol–water partition coefficient (Wildman–Crippen LogP) is 2.57. The maximum absolute atomic E-state index is 11.7. The molecule has 4 heteroatoms. The molecule has 0 spiro atoms. The Labute approximate surface area is 106 Å². The summed E-state index contributed by atoms with van der Waals surface area (Å²) in [6, 6.07) is 13.1. The minimum Gasteiger partial charge on any atom is -0.467 e. The first-order valence-corrected chi connectivity index (χ1v) is 5.87. The Bertz CT molecular complexity index is 480. The van der Waals surface area contributed by atoms with Crippen molar-refractivity contribution in [3.63, 3.8) is 0 Å². The summed E-state index contributed by atoms with van der Waals surface area (Å²) in [5.74, 6) is 0.686. The average molecular weight is 244 g/mol. The highest BCUT2D eigenvalue weighted by atomic mass is 16.3. The summed E-state index contributed by atoms with van der Waals surface area (Å²) >= 11 is 0. The van der Waals surface area contributed by atoms with Crippen LogP contribution in [0.4, 0.5) is 5.69 Å². The van der Waals surface area contributed by atoms with Crippen molar-refractivity contribution in [3.05, 3.63) is 54.5 Å². The SMILES string of the molecule is CC(NC(=O)CNc1ccccc1)c1ccco1. The van der Waals surface area contributed by atoms with Crippen LogP contribution in [0.25, 0.3) is 0 Å². The molecule has 0 radical (unpaired) electrons. The molecule has 0 saturated carbocycles. The Morgan fingerprint density at radius 2 is 2.00 bits per heavy atom. The predicted molar refractivity (Wildman–Crippen MR) is 70.2 cm³/mol. The molecule has 1 heterocycles. The van der Waals surface area contributed by atoms with E-state index >= 15 is 0 Å². The fraction of sp³-hybridized carbons (Fsp3) is 0.214. The van der Waals surface area contributed by atoms with Gasteiger partial charge in [0.1, 0.15) is 5.76 Å². The van der Waals surface area contributed by atoms with Crippen molar-refractivity contribution in [1.82, 2.24) is 5.32 Å². The number of nitrogens with one attached hydrogen (secondary N) is 2. The Morgan fingerprint density at radius 1 is 1.22 bits per heavy atom. The van der Waals surface area contributed by atoms with E-state index in [0.717, 1.165) is 11.4 Å². The van der Waals surface area contributed by atoms with Gasteiger partial charge in [0.25, 0.3) is 0 Å². The Kier molecular flexibility index (Phi) is 4.02. The van der Waals surface area contributed by atoms with E-state index in [1.54, 1.807) is 12.3 Å². The fourth-order valence-corrected chi connectivity index (χ4v) is 1.64. The van der Waals surface area contributed by atoms with E-state index in [1.165, 1.54) is 0 Å². The second-order valence-corrected chi connectivity index (χ2v) is 4.02. The molecule has 0 aliphatic carbocycles. The van der Waals surface area contributed by atoms with Gasteiger partial charge in [0, 0.05) is 5.69 Å². The molecular formula is C14H16N2O2. The first-order valence-electron chi connectivity index (χ1n) is 5.87. The third-order valence-electron chi connectivity index (χ3n) is 2.57. The number of amides is 1. The number of carbonyl (C=O) groups excluding carboxylic acids is 1. The first-order chi connectivity index (χ1) is 8.75. The molecule has 4 nitrogen and oxygen atoms in total. The summed E-state index contributed by atoms with van der Waals surface area (Å²) in [6.07, 6.45) is 1.60. The van der Waals surface area contributed by atoms with Gasteiger partial charge in [-0.15, -0.1) is 0 Å². The number of benzene rings is 1. The van der Waals surface area contributed by atoms with E-state index in [9.17, 15) is 4.79 Å². The minimum atomic E-state index is -0.120. The maximum atomic E-state index is 11.7. The summed E-state index contributed by atoms with van der Waals surface area (Å²) < 4.78 is 5.22. The van der Waals surface area contributed by atoms with Gasteiger partial charge in [-0.05, 0) is 31.2 Å². The van der Waals surface area contributed by atoms with Gasteiger partial charge < -0.3 is 15.1 Å². The van der Waals surface area contributed by atoms with Gasteiger partial charge in [-0.1, -0.05) is 18.2 Å². The number of rotatable bonds is 5. The third kappa shape index (κ3) is 3.38. The lowest BCUT2D eigenvalue weighted by Crippen LogP contribution is -2.31. The lowest BCUT2D eigenvalue weighted by molar-refractivity contribution is -0.120. The molecular weight excluding hydrogens is 228 g/mol. The van der Waals surface area contributed by atoms with E-state index in [0.29, 0.717) is 0 Å². The minimum absolute atomic E-state index is 0.0669. The van der Waals surface area contributed by atoms with Gasteiger partial charge in [0.15, 0.2) is 0 Å². The summed E-state index contributed by atoms with van der Waals surface area (Å²) in [5.41, 5.74) is 0.929. The van der Waals surface area contributed by atoms with Crippen LogP contribution in [0.5, 0.6) is 0 Å². The van der Waals surface area contributed by atoms with Crippen LogP contribution in [0.15, 0.2) is 53.1 Å². The molecule has 2 aromatic rings. The average Bonchev–Trinajstić information content (AvgIpc) is 2.91. The van der Waals surface area contributed by atoms with Gasteiger partial charge in [-0.25, -0.2) is 0 Å². The molecule has 0 saturated heterocycles. The quantitative estimate of drug-likeness (QED) is 0.850. The highest BCUT2D eigenvalue weighted by Crippen LogP contribution is 2.11. The van der Waals surface area contributed by atoms with E-state index in [-0.39, 0.29) is 18.5 Å². The number of para-hydroxylation sites is 1. The number of hydrogen-bond acceptors (Lipinski definition) is 3. The van der Waals surface area contributed by atoms with Crippen LogP contribution in [-0.2, 0) is 4.79 Å². The van der Waals surface area contributed by atoms with Gasteiger partial charge in [0.05, 0.1) is 18.8 Å². The number of carbonyl (C=O) groups is 1. The molecule has 0 aliphatic heterocycles. The van der Waals surface area contributed by atoms with Crippen LogP contribution in [-0.4, -0.2) is 12.5 Å². The molecule has 1 aromatic heterocycles. The van der Waals surface area contributed by atoms with Crippen molar-refractivity contribution < 1.29 is 9.21 Å². The highest BCUT2D eigenvalue weighted by molar-refractivity contribution is 5.80. The molecule has 0 aliphatic rings. The van der Waals surface area contributed by atoms with E-state index in [2.05, 4.69) is 10.6 Å². The lowest BCUT2D eigenvalue weighted by atomic mass is 10.2. The maximum Gasteiger partial charge on any atom is 0.239 e. The van der Waals surface area contributed by atoms with Crippen LogP contribution in [0.2, 0.25) is 0 Å². The van der Waals surface area contributed by atoms with Crippen molar-refractivity contribution in [1.29, 1.82) is 0 Å². The second-order valence-electron chi connectivity index (χ2n) is 4.02. The highest BCUT2D eigenvalue weighted by Gasteiger charge is 2.11. The van der Waals surface area contributed by atoms with Crippen LogP contribution in [0.3, 0.4) is 0 Å². The molecule has 1 amide bonds. The van der Waals surface area contributed by atoms with Gasteiger partial charge >= 0.3 is 0 Å². The van der Waals surface area contributed by atoms with E-state index in [1.807, 2.05) is 43.3 Å².